The Kier molecular flexibility index (Phi) is 8.42. The Labute approximate surface area is 238 Å². The number of fused-ring (bicyclic) bond motifs is 1. The molecule has 0 aliphatic carbocycles. The van der Waals surface area contributed by atoms with Crippen LogP contribution < -0.4 is 10.6 Å². The fourth-order valence-electron chi connectivity index (χ4n) is 4.79. The van der Waals surface area contributed by atoms with Crippen molar-refractivity contribution in [3.05, 3.63) is 83.7 Å². The zero-order valence-electron chi connectivity index (χ0n) is 22.5. The molecule has 40 heavy (non-hydrogen) atoms. The molecule has 1 atom stereocenters. The van der Waals surface area contributed by atoms with E-state index in [1.807, 2.05) is 54.4 Å². The van der Waals surface area contributed by atoms with E-state index in [4.69, 9.17) is 16.6 Å². The van der Waals surface area contributed by atoms with Gasteiger partial charge >= 0.3 is 0 Å². The number of carbonyl (C=O) groups is 2. The fraction of sp³-hybridized carbons (Fsp3) is 0.267. The summed E-state index contributed by atoms with van der Waals surface area (Å²) in [5, 5.41) is 7.74. The summed E-state index contributed by atoms with van der Waals surface area (Å²) in [7, 11) is 3.87. The van der Waals surface area contributed by atoms with Crippen LogP contribution in [0.15, 0.2) is 73.1 Å². The third-order valence-corrected chi connectivity index (χ3v) is 7.05. The number of amides is 2. The molecule has 1 aliphatic rings. The van der Waals surface area contributed by atoms with Crippen LogP contribution in [0.4, 0.5) is 11.6 Å². The highest BCUT2D eigenvalue weighted by Crippen LogP contribution is 2.32. The number of rotatable bonds is 8. The van der Waals surface area contributed by atoms with Crippen LogP contribution in [-0.2, 0) is 4.79 Å². The van der Waals surface area contributed by atoms with Gasteiger partial charge in [-0.2, -0.15) is 0 Å². The van der Waals surface area contributed by atoms with Crippen molar-refractivity contribution >= 4 is 46.0 Å². The molecule has 0 bridgehead atoms. The van der Waals surface area contributed by atoms with Crippen LogP contribution in [0, 0.1) is 0 Å². The highest BCUT2D eigenvalue weighted by Gasteiger charge is 2.25. The van der Waals surface area contributed by atoms with E-state index < -0.39 is 0 Å². The van der Waals surface area contributed by atoms with Gasteiger partial charge in [0.15, 0.2) is 0 Å². The van der Waals surface area contributed by atoms with E-state index in [-0.39, 0.29) is 17.9 Å². The van der Waals surface area contributed by atoms with E-state index in [1.165, 1.54) is 6.08 Å². The Bertz CT molecular complexity index is 1530. The zero-order valence-corrected chi connectivity index (χ0v) is 23.3. The van der Waals surface area contributed by atoms with Crippen molar-refractivity contribution in [2.45, 2.75) is 18.9 Å². The van der Waals surface area contributed by atoms with Gasteiger partial charge in [-0.05, 0) is 57.3 Å². The second-order valence-corrected chi connectivity index (χ2v) is 10.5. The molecule has 0 saturated carbocycles. The van der Waals surface area contributed by atoms with E-state index in [9.17, 15) is 9.59 Å². The molecule has 1 aliphatic heterocycles. The van der Waals surface area contributed by atoms with Gasteiger partial charge in [-0.3, -0.25) is 9.59 Å². The molecule has 1 fully saturated rings. The van der Waals surface area contributed by atoms with Crippen LogP contribution in [0.2, 0.25) is 5.02 Å². The Morgan fingerprint density at radius 1 is 1.18 bits per heavy atom. The van der Waals surface area contributed by atoms with Gasteiger partial charge in [-0.25, -0.2) is 9.97 Å². The number of H-pyrrole nitrogens is 1. The summed E-state index contributed by atoms with van der Waals surface area (Å²) in [5.41, 5.74) is 3.79. The molecule has 0 spiro atoms. The normalized spacial score (nSPS) is 15.6. The molecule has 4 aromatic rings. The number of nitrogens with zero attached hydrogens (tertiary/aromatic N) is 4. The number of nitrogens with one attached hydrogen (secondary N) is 3. The Hall–Kier alpha value is -4.21. The summed E-state index contributed by atoms with van der Waals surface area (Å²) in [4.78, 5) is 41.6. The predicted molar refractivity (Wildman–Crippen MR) is 160 cm³/mol. The molecule has 5 rings (SSSR count). The van der Waals surface area contributed by atoms with E-state index >= 15 is 0 Å². The minimum absolute atomic E-state index is 0.00205. The number of aromatic amines is 1. The number of para-hydroxylation sites is 1. The molecule has 2 aromatic carbocycles. The summed E-state index contributed by atoms with van der Waals surface area (Å²) in [6.07, 6.45) is 8.57. The molecule has 1 saturated heterocycles. The van der Waals surface area contributed by atoms with Crippen LogP contribution in [0.5, 0.6) is 0 Å². The molecule has 2 aromatic heterocycles. The zero-order chi connectivity index (χ0) is 28.1. The van der Waals surface area contributed by atoms with E-state index in [0.717, 1.165) is 29.3 Å². The van der Waals surface area contributed by atoms with E-state index in [1.54, 1.807) is 36.5 Å². The van der Waals surface area contributed by atoms with Gasteiger partial charge in [0.2, 0.25) is 11.9 Å². The number of piperidine rings is 1. The summed E-state index contributed by atoms with van der Waals surface area (Å²) in [6, 6.07) is 15.0. The topological polar surface area (TPSA) is 106 Å². The third-order valence-electron chi connectivity index (χ3n) is 6.77. The maximum atomic E-state index is 13.3. The lowest BCUT2D eigenvalue weighted by Gasteiger charge is -2.33. The molecule has 9 nitrogen and oxygen atoms in total. The number of hydrogen-bond acceptors (Lipinski definition) is 6. The average Bonchev–Trinajstić information content (AvgIpc) is 3.38. The average molecular weight is 558 g/mol. The van der Waals surface area contributed by atoms with Crippen LogP contribution in [-0.4, -0.2) is 76.3 Å². The summed E-state index contributed by atoms with van der Waals surface area (Å²) < 4.78 is 0. The van der Waals surface area contributed by atoms with Crippen molar-refractivity contribution in [2.24, 2.45) is 0 Å². The number of hydrogen-bond donors (Lipinski definition) is 3. The van der Waals surface area contributed by atoms with Crippen LogP contribution in [0.25, 0.3) is 22.2 Å². The number of aromatic nitrogens is 3. The summed E-state index contributed by atoms with van der Waals surface area (Å²) in [6.45, 7) is 1.89. The Morgan fingerprint density at radius 3 is 2.77 bits per heavy atom. The molecule has 3 heterocycles. The maximum absolute atomic E-state index is 13.3. The summed E-state index contributed by atoms with van der Waals surface area (Å²) >= 11 is 6.49. The fourth-order valence-corrected chi connectivity index (χ4v) is 4.98. The first kappa shape index (κ1) is 27.4. The van der Waals surface area contributed by atoms with Crippen LogP contribution in [0.3, 0.4) is 0 Å². The molecule has 3 N–H and O–H groups in total. The monoisotopic (exact) mass is 557 g/mol. The highest BCUT2D eigenvalue weighted by atomic mass is 35.5. The smallest absolute Gasteiger partial charge is 0.253 e. The molecular weight excluding hydrogens is 526 g/mol. The minimum Gasteiger partial charge on any atom is -0.360 e. The van der Waals surface area contributed by atoms with E-state index in [0.29, 0.717) is 47.6 Å². The molecule has 206 valence electrons. The van der Waals surface area contributed by atoms with Gasteiger partial charge in [-0.15, -0.1) is 0 Å². The Balaban J connectivity index is 1.22. The maximum Gasteiger partial charge on any atom is 0.253 e. The highest BCUT2D eigenvalue weighted by molar-refractivity contribution is 6.33. The minimum atomic E-state index is -0.205. The van der Waals surface area contributed by atoms with Crippen molar-refractivity contribution in [1.82, 2.24) is 24.8 Å². The number of likely N-dealkylation sites (N-methyl/N-ethyl adjacent to an activating group) is 1. The SMILES string of the molecule is CN(C)C/C=C/C(=O)Nc1ccc(C(=O)N2CCC[C@@H](Nc3ncc(Cl)c(-c4c[nH]c5ccccc45)n3)C2)cc1. The molecule has 10 heteroatoms. The van der Waals surface area contributed by atoms with Gasteiger partial charge in [0.25, 0.3) is 5.91 Å². The standard InChI is InChI=1S/C30H32ClN7O2/c1-37(2)15-6-10-27(39)34-21-13-11-20(12-14-21)29(40)38-16-5-7-22(19-38)35-30-33-18-25(31)28(36-30)24-17-32-26-9-4-3-8-23(24)26/h3-4,6,8-14,17-18,22,32H,5,7,15-16,19H2,1-2H3,(H,34,39)(H,33,35,36)/b10-6+/t22-/m1/s1. The van der Waals surface area contributed by atoms with E-state index in [2.05, 4.69) is 20.6 Å². The van der Waals surface area contributed by atoms with Gasteiger partial charge < -0.3 is 25.4 Å². The lowest BCUT2D eigenvalue weighted by atomic mass is 10.0. The van der Waals surface area contributed by atoms with Gasteiger partial charge in [0.05, 0.1) is 16.9 Å². The number of likely N-dealkylation sites (tertiary alicyclic amines) is 1. The summed E-state index contributed by atoms with van der Waals surface area (Å²) in [5.74, 6) is 0.221. The molecule has 0 radical (unpaired) electrons. The van der Waals surface area contributed by atoms with Gasteiger partial charge in [-0.1, -0.05) is 35.9 Å². The number of halogens is 1. The third kappa shape index (κ3) is 6.50. The van der Waals surface area contributed by atoms with Crippen molar-refractivity contribution in [3.8, 4) is 11.3 Å². The number of anilines is 2. The second kappa shape index (κ2) is 12.3. The number of carbonyl (C=O) groups excluding carboxylic acids is 2. The second-order valence-electron chi connectivity index (χ2n) is 10.1. The molecule has 2 amide bonds. The Morgan fingerprint density at radius 2 is 1.98 bits per heavy atom. The van der Waals surface area contributed by atoms with Gasteiger partial charge in [0.1, 0.15) is 0 Å². The quantitative estimate of drug-likeness (QED) is 0.262. The van der Waals surface area contributed by atoms with Gasteiger partial charge in [0, 0.05) is 65.7 Å². The van der Waals surface area contributed by atoms with Crippen molar-refractivity contribution in [1.29, 1.82) is 0 Å². The molecule has 0 unspecified atom stereocenters. The predicted octanol–water partition coefficient (Wildman–Crippen LogP) is 5.05. The van der Waals surface area contributed by atoms with Crippen molar-refractivity contribution < 1.29 is 9.59 Å². The molecular formula is C30H32ClN7O2. The first-order chi connectivity index (χ1) is 19.4. The largest absolute Gasteiger partial charge is 0.360 e. The number of benzene rings is 2. The van der Waals surface area contributed by atoms with Crippen molar-refractivity contribution in [2.75, 3.05) is 44.4 Å². The van der Waals surface area contributed by atoms with Crippen LogP contribution >= 0.6 is 11.6 Å². The lowest BCUT2D eigenvalue weighted by Crippen LogP contribution is -2.45. The first-order valence-electron chi connectivity index (χ1n) is 13.2. The lowest BCUT2D eigenvalue weighted by molar-refractivity contribution is -0.111. The van der Waals surface area contributed by atoms with Crippen molar-refractivity contribution in [3.63, 3.8) is 0 Å². The van der Waals surface area contributed by atoms with Crippen LogP contribution in [0.1, 0.15) is 23.2 Å². The first-order valence-corrected chi connectivity index (χ1v) is 13.6.